The molecular formula is C9H10N4O2. The first-order valence-corrected chi connectivity index (χ1v) is 4.30. The Morgan fingerprint density at radius 1 is 1.53 bits per heavy atom. The Balaban J connectivity index is 2.48. The van der Waals surface area contributed by atoms with Gasteiger partial charge in [0, 0.05) is 5.39 Å². The zero-order chi connectivity index (χ0) is 10.8. The second kappa shape index (κ2) is 3.58. The molecule has 0 aliphatic rings. The molecule has 0 saturated carbocycles. The number of anilines is 1. The fourth-order valence-corrected chi connectivity index (χ4v) is 1.32. The number of amides is 1. The van der Waals surface area contributed by atoms with Gasteiger partial charge in [-0.2, -0.15) is 10.1 Å². The third kappa shape index (κ3) is 1.50. The van der Waals surface area contributed by atoms with E-state index < -0.39 is 6.09 Å². The van der Waals surface area contributed by atoms with E-state index in [1.54, 1.807) is 0 Å². The molecule has 1 amide bonds. The number of methoxy groups -OCH3 is 1. The van der Waals surface area contributed by atoms with E-state index in [9.17, 15) is 4.79 Å². The van der Waals surface area contributed by atoms with Gasteiger partial charge in [-0.25, -0.2) is 10.6 Å². The molecule has 0 saturated heterocycles. The number of hydrogen-bond donors (Lipinski definition) is 2. The normalized spacial score (nSPS) is 10.3. The van der Waals surface area contributed by atoms with Gasteiger partial charge in [0.05, 0.1) is 12.6 Å². The number of hydrazine groups is 1. The van der Waals surface area contributed by atoms with E-state index in [2.05, 4.69) is 14.9 Å². The minimum absolute atomic E-state index is 0.345. The Labute approximate surface area is 85.6 Å². The van der Waals surface area contributed by atoms with Crippen LogP contribution in [0.3, 0.4) is 0 Å². The summed E-state index contributed by atoms with van der Waals surface area (Å²) < 4.78 is 4.49. The molecular weight excluding hydrogens is 196 g/mol. The topological polar surface area (TPSA) is 84.2 Å². The number of hydrogen-bond acceptors (Lipinski definition) is 4. The van der Waals surface area contributed by atoms with Crippen molar-refractivity contribution in [1.82, 2.24) is 10.2 Å². The maximum Gasteiger partial charge on any atom is 0.430 e. The molecule has 0 aliphatic heterocycles. The number of para-hydroxylation sites is 1. The lowest BCUT2D eigenvalue weighted by molar-refractivity contribution is 0.178. The van der Waals surface area contributed by atoms with Crippen LogP contribution in [0, 0.1) is 0 Å². The van der Waals surface area contributed by atoms with E-state index >= 15 is 0 Å². The predicted octanol–water partition coefficient (Wildman–Crippen LogP) is 1.01. The van der Waals surface area contributed by atoms with Gasteiger partial charge in [0.2, 0.25) is 0 Å². The Hall–Kier alpha value is -2.08. The number of nitrogens with zero attached hydrogens (tertiary/aromatic N) is 2. The first-order valence-electron chi connectivity index (χ1n) is 4.30. The minimum atomic E-state index is -0.660. The SMILES string of the molecule is COC(=O)N(N)c1n[nH]c2ccccc12. The second-order valence-electron chi connectivity index (χ2n) is 2.93. The molecule has 0 radical (unpaired) electrons. The third-order valence-electron chi connectivity index (χ3n) is 2.05. The summed E-state index contributed by atoms with van der Waals surface area (Å²) in [4.78, 5) is 11.2. The molecule has 78 valence electrons. The molecule has 1 aromatic carbocycles. The van der Waals surface area contributed by atoms with Gasteiger partial charge < -0.3 is 4.74 Å². The Morgan fingerprint density at radius 2 is 2.27 bits per heavy atom. The van der Waals surface area contributed by atoms with Crippen molar-refractivity contribution in [2.24, 2.45) is 5.84 Å². The van der Waals surface area contributed by atoms with E-state index in [0.717, 1.165) is 15.9 Å². The van der Waals surface area contributed by atoms with E-state index in [1.165, 1.54) is 7.11 Å². The van der Waals surface area contributed by atoms with E-state index in [1.807, 2.05) is 24.3 Å². The number of nitrogens with one attached hydrogen (secondary N) is 1. The minimum Gasteiger partial charge on any atom is -0.451 e. The van der Waals surface area contributed by atoms with Crippen LogP contribution in [0.5, 0.6) is 0 Å². The average molecular weight is 206 g/mol. The zero-order valence-corrected chi connectivity index (χ0v) is 8.10. The molecule has 0 aliphatic carbocycles. The Bertz CT molecular complexity index is 494. The number of aromatic amines is 1. The largest absolute Gasteiger partial charge is 0.451 e. The van der Waals surface area contributed by atoms with Gasteiger partial charge >= 0.3 is 6.09 Å². The van der Waals surface area contributed by atoms with Crippen LogP contribution in [0.2, 0.25) is 0 Å². The summed E-state index contributed by atoms with van der Waals surface area (Å²) in [5.41, 5.74) is 0.812. The molecule has 3 N–H and O–H groups in total. The molecule has 0 bridgehead atoms. The van der Waals surface area contributed by atoms with Gasteiger partial charge in [-0.3, -0.25) is 5.10 Å². The van der Waals surface area contributed by atoms with Crippen LogP contribution in [0.15, 0.2) is 24.3 Å². The smallest absolute Gasteiger partial charge is 0.430 e. The molecule has 0 atom stereocenters. The molecule has 2 rings (SSSR count). The number of H-pyrrole nitrogens is 1. The molecule has 1 aromatic heterocycles. The summed E-state index contributed by atoms with van der Waals surface area (Å²) in [7, 11) is 1.26. The van der Waals surface area contributed by atoms with Gasteiger partial charge in [-0.1, -0.05) is 12.1 Å². The molecule has 6 heteroatoms. The van der Waals surface area contributed by atoms with Crippen molar-refractivity contribution in [3.63, 3.8) is 0 Å². The highest BCUT2D eigenvalue weighted by atomic mass is 16.5. The number of aromatic nitrogens is 2. The van der Waals surface area contributed by atoms with Crippen molar-refractivity contribution in [3.05, 3.63) is 24.3 Å². The van der Waals surface area contributed by atoms with Crippen molar-refractivity contribution in [1.29, 1.82) is 0 Å². The lowest BCUT2D eigenvalue weighted by Crippen LogP contribution is -2.37. The highest BCUT2D eigenvalue weighted by Crippen LogP contribution is 2.21. The fraction of sp³-hybridized carbons (Fsp3) is 0.111. The maximum absolute atomic E-state index is 11.2. The van der Waals surface area contributed by atoms with Gasteiger partial charge in [-0.05, 0) is 12.1 Å². The number of rotatable bonds is 1. The van der Waals surface area contributed by atoms with E-state index in [4.69, 9.17) is 5.84 Å². The summed E-state index contributed by atoms with van der Waals surface area (Å²) in [6.07, 6.45) is -0.660. The number of ether oxygens (including phenoxy) is 1. The van der Waals surface area contributed by atoms with Crippen LogP contribution >= 0.6 is 0 Å². The lowest BCUT2D eigenvalue weighted by Gasteiger charge is -2.11. The number of carbonyl (C=O) groups is 1. The van der Waals surface area contributed by atoms with Gasteiger partial charge in [0.1, 0.15) is 0 Å². The van der Waals surface area contributed by atoms with Crippen molar-refractivity contribution in [3.8, 4) is 0 Å². The van der Waals surface area contributed by atoms with Crippen molar-refractivity contribution in [2.45, 2.75) is 0 Å². The van der Waals surface area contributed by atoms with Crippen LogP contribution in [0.4, 0.5) is 10.6 Å². The quantitative estimate of drug-likeness (QED) is 0.414. The van der Waals surface area contributed by atoms with E-state index in [0.29, 0.717) is 5.82 Å². The van der Waals surface area contributed by atoms with Crippen LogP contribution in [0.1, 0.15) is 0 Å². The number of nitrogens with two attached hydrogens (primary N) is 1. The Kier molecular flexibility index (Phi) is 2.26. The molecule has 2 aromatic rings. The highest BCUT2D eigenvalue weighted by Gasteiger charge is 2.17. The van der Waals surface area contributed by atoms with Gasteiger partial charge in [-0.15, -0.1) is 0 Å². The van der Waals surface area contributed by atoms with Crippen LogP contribution < -0.4 is 10.9 Å². The summed E-state index contributed by atoms with van der Waals surface area (Å²) in [5, 5.41) is 8.34. The second-order valence-corrected chi connectivity index (χ2v) is 2.93. The molecule has 6 nitrogen and oxygen atoms in total. The maximum atomic E-state index is 11.2. The van der Waals surface area contributed by atoms with Crippen LogP contribution in [-0.4, -0.2) is 23.4 Å². The highest BCUT2D eigenvalue weighted by molar-refractivity contribution is 5.97. The third-order valence-corrected chi connectivity index (χ3v) is 2.05. The number of carbonyl (C=O) groups excluding carboxylic acids is 1. The van der Waals surface area contributed by atoms with E-state index in [-0.39, 0.29) is 0 Å². The van der Waals surface area contributed by atoms with Crippen LogP contribution in [0.25, 0.3) is 10.9 Å². The average Bonchev–Trinajstić information content (AvgIpc) is 2.70. The molecule has 15 heavy (non-hydrogen) atoms. The molecule has 0 fully saturated rings. The lowest BCUT2D eigenvalue weighted by atomic mass is 10.2. The monoisotopic (exact) mass is 206 g/mol. The summed E-state index contributed by atoms with van der Waals surface area (Å²) in [5.74, 6) is 5.88. The number of fused-ring (bicyclic) bond motifs is 1. The number of benzene rings is 1. The molecule has 1 heterocycles. The van der Waals surface area contributed by atoms with Crippen molar-refractivity contribution < 1.29 is 9.53 Å². The Morgan fingerprint density at radius 3 is 3.00 bits per heavy atom. The van der Waals surface area contributed by atoms with Crippen molar-refractivity contribution in [2.75, 3.05) is 12.1 Å². The molecule has 0 unspecified atom stereocenters. The van der Waals surface area contributed by atoms with Crippen molar-refractivity contribution >= 4 is 22.8 Å². The molecule has 0 spiro atoms. The zero-order valence-electron chi connectivity index (χ0n) is 8.10. The van der Waals surface area contributed by atoms with Gasteiger partial charge in [0.25, 0.3) is 0 Å². The summed E-state index contributed by atoms with van der Waals surface area (Å²) in [6, 6.07) is 7.36. The fourth-order valence-electron chi connectivity index (χ4n) is 1.32. The first kappa shape index (κ1) is 9.47. The standard InChI is InChI=1S/C9H10N4O2/c1-15-9(14)13(10)8-6-4-2-3-5-7(6)11-12-8/h2-5H,10H2,1H3,(H,11,12). The van der Waals surface area contributed by atoms with Crippen LogP contribution in [-0.2, 0) is 4.74 Å². The summed E-state index contributed by atoms with van der Waals surface area (Å²) in [6.45, 7) is 0. The summed E-state index contributed by atoms with van der Waals surface area (Å²) >= 11 is 0. The predicted molar refractivity (Wildman–Crippen MR) is 55.2 cm³/mol. The van der Waals surface area contributed by atoms with Gasteiger partial charge in [0.15, 0.2) is 5.82 Å². The first-order chi connectivity index (χ1) is 7.24.